The number of nitrogens with zero attached hydrogens (tertiary/aromatic N) is 1. The van der Waals surface area contributed by atoms with Crippen LogP contribution in [0.4, 0.5) is 0 Å². The Morgan fingerprint density at radius 3 is 0.833 bits per heavy atom. The van der Waals surface area contributed by atoms with Crippen LogP contribution in [-0.2, 0) is 33.3 Å². The van der Waals surface area contributed by atoms with E-state index in [-0.39, 0.29) is 32.2 Å². The Labute approximate surface area is 632 Å². The Hall–Kier alpha value is -3.79. The summed E-state index contributed by atoms with van der Waals surface area (Å²) in [5.41, 5.74) is 0. The van der Waals surface area contributed by atoms with E-state index in [1.165, 1.54) is 295 Å². The first-order chi connectivity index (χ1) is 50.1. The zero-order valence-electron chi connectivity index (χ0n) is 68.0. The molecule has 0 fully saturated rings. The third-order valence-corrected chi connectivity index (χ3v) is 19.6. The second-order valence-corrected chi connectivity index (χ2v) is 30.8. The van der Waals surface area contributed by atoms with Crippen molar-refractivity contribution in [3.05, 3.63) is 97.2 Å². The first-order valence-corrected chi connectivity index (χ1v) is 43.9. The number of quaternary nitrogens is 1. The van der Waals surface area contributed by atoms with Gasteiger partial charge in [0.2, 0.25) is 0 Å². The minimum absolute atomic E-state index is 0.147. The summed E-state index contributed by atoms with van der Waals surface area (Å²) < 4.78 is 22.9. The number of hydrogen-bond acceptors (Lipinski definition) is 8. The molecule has 2 atom stereocenters. The van der Waals surface area contributed by atoms with Crippen molar-refractivity contribution in [2.75, 3.05) is 47.5 Å². The van der Waals surface area contributed by atoms with Crippen LogP contribution in [0.2, 0.25) is 0 Å². The molecule has 0 spiro atoms. The lowest BCUT2D eigenvalue weighted by Gasteiger charge is -2.26. The van der Waals surface area contributed by atoms with Gasteiger partial charge in [0.25, 0.3) is 0 Å². The van der Waals surface area contributed by atoms with E-state index >= 15 is 0 Å². The third kappa shape index (κ3) is 83.5. The van der Waals surface area contributed by atoms with Gasteiger partial charge in [-0.15, -0.1) is 0 Å². The molecule has 0 aliphatic heterocycles. The summed E-state index contributed by atoms with van der Waals surface area (Å²) in [4.78, 5) is 37.7. The lowest BCUT2D eigenvalue weighted by molar-refractivity contribution is -0.870. The molecule has 0 aliphatic carbocycles. The van der Waals surface area contributed by atoms with Crippen molar-refractivity contribution in [3.63, 3.8) is 0 Å². The molecule has 0 bridgehead atoms. The maximum atomic E-state index is 13.0. The molecule has 0 aromatic rings. The minimum atomic E-state index is -1.63. The molecular weight excluding hydrogens is 1260 g/mol. The van der Waals surface area contributed by atoms with Gasteiger partial charge in [0.15, 0.2) is 12.4 Å². The molecule has 592 valence electrons. The first kappa shape index (κ1) is 98.2. The van der Waals surface area contributed by atoms with E-state index in [9.17, 15) is 19.5 Å². The highest BCUT2D eigenvalue weighted by Gasteiger charge is 2.22. The Balaban J connectivity index is 3.96. The predicted octanol–water partition coefficient (Wildman–Crippen LogP) is 27.3. The topological polar surface area (TPSA) is 111 Å². The van der Waals surface area contributed by atoms with Gasteiger partial charge in [0.1, 0.15) is 13.2 Å². The Morgan fingerprint density at radius 2 is 0.559 bits per heavy atom. The molecule has 102 heavy (non-hydrogen) atoms. The van der Waals surface area contributed by atoms with Crippen molar-refractivity contribution >= 4 is 17.9 Å². The zero-order chi connectivity index (χ0) is 73.9. The van der Waals surface area contributed by atoms with E-state index in [1.54, 1.807) is 0 Å². The average molecular weight is 1430 g/mol. The van der Waals surface area contributed by atoms with Crippen LogP contribution >= 0.6 is 0 Å². The van der Waals surface area contributed by atoms with Gasteiger partial charge < -0.3 is 33.3 Å². The SMILES string of the molecule is CC/C=C\C/C=C\C/C=C\C/C=C\C/C=C\C/C=C\C/C=C\C/C=C\CCCCCCCCCCCCCCCCC(=O)OC(COC(=O)CCCCCCCCCCCCCCCCCCCCCCCCCCCCCCCCCCCCCCCC)COC(OCC[N+](C)(C)C)C(=O)[O-]. The molecule has 0 heterocycles. The summed E-state index contributed by atoms with van der Waals surface area (Å²) in [5, 5.41) is 11.9. The minimum Gasteiger partial charge on any atom is -0.545 e. The Bertz CT molecular complexity index is 2010. The standard InChI is InChI=1S/C93H167NO8/c1-6-8-10-12-14-16-18-20-22-24-26-28-30-32-34-36-38-40-42-44-46-48-50-52-54-56-58-60-62-64-66-68-70-72-74-76-78-80-82-84-91(96)102-89(88-101-93(92(97)98)99-86-85-94(3,4)5)87-100-90(95)83-81-79-77-75-73-71-69-67-65-63-61-59-57-55-53-51-49-47-45-43-41-39-37-35-33-31-29-27-25-23-21-19-17-15-13-11-9-7-2/h8,10,14,16,20,22,26,28,32,34,38,40,44,46,50,52,89,93H,6-7,9,11-13,15,17-19,21,23-25,27,29-31,33,35-37,39,41-43,45,47-49,51,53-88H2,1-5H3/b10-8-,16-14-,22-20-,28-26-,34-32-,40-38-,46-44-,52-50-. The summed E-state index contributed by atoms with van der Waals surface area (Å²) >= 11 is 0. The Morgan fingerprint density at radius 1 is 0.304 bits per heavy atom. The quantitative estimate of drug-likeness (QED) is 0.0195. The van der Waals surface area contributed by atoms with E-state index in [4.69, 9.17) is 18.9 Å². The van der Waals surface area contributed by atoms with Crippen LogP contribution in [-0.4, -0.2) is 82.3 Å². The van der Waals surface area contributed by atoms with Crippen molar-refractivity contribution in [3.8, 4) is 0 Å². The van der Waals surface area contributed by atoms with E-state index < -0.39 is 24.3 Å². The van der Waals surface area contributed by atoms with Gasteiger partial charge in [-0.25, -0.2) is 0 Å². The normalized spacial score (nSPS) is 13.1. The van der Waals surface area contributed by atoms with Crippen LogP contribution < -0.4 is 5.11 Å². The van der Waals surface area contributed by atoms with Gasteiger partial charge in [0, 0.05) is 12.8 Å². The number of hydrogen-bond donors (Lipinski definition) is 0. The largest absolute Gasteiger partial charge is 0.545 e. The maximum absolute atomic E-state index is 13.0. The monoisotopic (exact) mass is 1430 g/mol. The van der Waals surface area contributed by atoms with Gasteiger partial charge in [-0.2, -0.15) is 0 Å². The van der Waals surface area contributed by atoms with Crippen molar-refractivity contribution in [2.45, 2.75) is 431 Å². The molecule has 0 aliphatic rings. The van der Waals surface area contributed by atoms with E-state index in [2.05, 4.69) is 111 Å². The van der Waals surface area contributed by atoms with Crippen molar-refractivity contribution < 1.29 is 42.9 Å². The molecule has 0 saturated heterocycles. The summed E-state index contributed by atoms with van der Waals surface area (Å²) in [6.07, 6.45) is 113. The van der Waals surface area contributed by atoms with Crippen LogP contribution in [0.5, 0.6) is 0 Å². The van der Waals surface area contributed by atoms with Gasteiger partial charge in [0.05, 0.1) is 40.3 Å². The fraction of sp³-hybridized carbons (Fsp3) is 0.796. The Kier molecular flexibility index (Phi) is 79.8. The number of unbranched alkanes of at least 4 members (excludes halogenated alkanes) is 51. The summed E-state index contributed by atoms with van der Waals surface area (Å²) in [6.45, 7) is 4.70. The molecule has 0 aromatic heterocycles. The second kappa shape index (κ2) is 82.9. The highest BCUT2D eigenvalue weighted by atomic mass is 16.7. The fourth-order valence-electron chi connectivity index (χ4n) is 13.0. The number of carboxylic acids is 1. The van der Waals surface area contributed by atoms with Gasteiger partial charge in [-0.3, -0.25) is 9.59 Å². The predicted molar refractivity (Wildman–Crippen MR) is 440 cm³/mol. The number of carboxylic acid groups (broad SMARTS) is 1. The molecule has 0 aromatic carbocycles. The number of allylic oxidation sites excluding steroid dienone is 16. The molecule has 0 amide bonds. The smallest absolute Gasteiger partial charge is 0.306 e. The summed E-state index contributed by atoms with van der Waals surface area (Å²) in [5.74, 6) is -2.26. The van der Waals surface area contributed by atoms with Crippen molar-refractivity contribution in [2.24, 2.45) is 0 Å². The van der Waals surface area contributed by atoms with Gasteiger partial charge in [-0.1, -0.05) is 426 Å². The van der Waals surface area contributed by atoms with Crippen LogP contribution in [0, 0.1) is 0 Å². The fourth-order valence-corrected chi connectivity index (χ4v) is 13.0. The lowest BCUT2D eigenvalue weighted by Crippen LogP contribution is -2.44. The molecule has 0 radical (unpaired) electrons. The number of esters is 2. The van der Waals surface area contributed by atoms with Crippen LogP contribution in [0.25, 0.3) is 0 Å². The third-order valence-electron chi connectivity index (χ3n) is 19.6. The second-order valence-electron chi connectivity index (χ2n) is 30.8. The van der Waals surface area contributed by atoms with Gasteiger partial charge >= 0.3 is 11.9 Å². The molecular formula is C93H167NO8. The lowest BCUT2D eigenvalue weighted by atomic mass is 10.0. The van der Waals surface area contributed by atoms with Gasteiger partial charge in [-0.05, 0) is 77.0 Å². The number of carbonyl (C=O) groups is 3. The molecule has 2 unspecified atom stereocenters. The van der Waals surface area contributed by atoms with Crippen molar-refractivity contribution in [1.82, 2.24) is 0 Å². The molecule has 0 N–H and O–H groups in total. The van der Waals surface area contributed by atoms with Crippen LogP contribution in [0.1, 0.15) is 418 Å². The summed E-state index contributed by atoms with van der Waals surface area (Å²) in [7, 11) is 5.95. The van der Waals surface area contributed by atoms with E-state index in [1.807, 2.05) is 21.1 Å². The number of rotatable bonds is 82. The van der Waals surface area contributed by atoms with Crippen LogP contribution in [0.15, 0.2) is 97.2 Å². The number of ether oxygens (including phenoxy) is 4. The summed E-state index contributed by atoms with van der Waals surface area (Å²) in [6, 6.07) is 0. The average Bonchev–Trinajstić information content (AvgIpc) is 0.997. The first-order valence-electron chi connectivity index (χ1n) is 43.9. The zero-order valence-corrected chi connectivity index (χ0v) is 68.0. The van der Waals surface area contributed by atoms with E-state index in [0.29, 0.717) is 23.9 Å². The number of aliphatic carboxylic acids is 1. The molecule has 0 saturated carbocycles. The highest BCUT2D eigenvalue weighted by molar-refractivity contribution is 5.70. The highest BCUT2D eigenvalue weighted by Crippen LogP contribution is 2.20. The number of carbonyl (C=O) groups excluding carboxylic acids is 3. The molecule has 9 nitrogen and oxygen atoms in total. The molecule has 9 heteroatoms. The van der Waals surface area contributed by atoms with Crippen LogP contribution in [0.3, 0.4) is 0 Å². The van der Waals surface area contributed by atoms with E-state index in [0.717, 1.165) is 89.9 Å². The molecule has 0 rings (SSSR count). The number of likely N-dealkylation sites (N-methyl/N-ethyl adjacent to an activating group) is 1. The maximum Gasteiger partial charge on any atom is 0.306 e. The van der Waals surface area contributed by atoms with Crippen molar-refractivity contribution in [1.29, 1.82) is 0 Å².